The van der Waals surface area contributed by atoms with Crippen LogP contribution >= 0.6 is 15.9 Å². The molecule has 0 amide bonds. The van der Waals surface area contributed by atoms with E-state index >= 15 is 0 Å². The summed E-state index contributed by atoms with van der Waals surface area (Å²) in [5, 5.41) is 2.03. The van der Waals surface area contributed by atoms with Gasteiger partial charge in [-0.05, 0) is 29.8 Å². The van der Waals surface area contributed by atoms with Gasteiger partial charge in [-0.2, -0.15) is 0 Å². The highest BCUT2D eigenvalue weighted by Crippen LogP contribution is 2.34. The molecule has 3 rings (SSSR count). The van der Waals surface area contributed by atoms with Crippen molar-refractivity contribution in [2.75, 3.05) is 14.2 Å². The Bertz CT molecular complexity index is 992. The monoisotopic (exact) mass is 484 g/mol. The van der Waals surface area contributed by atoms with E-state index in [9.17, 15) is 0 Å². The van der Waals surface area contributed by atoms with Crippen molar-refractivity contribution in [3.05, 3.63) is 64.0 Å². The standard InChI is InChI=1S/C20H18BrO3.ClHO4/c1-13-10-15-11-19(22-2)20(23-3)12-17(15)18(24-13)9-6-14-4-7-16(21)8-5-14;2-1(3,4)5/h4-12H,1-3H3;(H,2,3,4,5)/q+1;/p-1. The second-order valence-corrected chi connectivity index (χ2v) is 7.45. The number of hydrogen-bond donors (Lipinski definition) is 0. The lowest BCUT2D eigenvalue weighted by atomic mass is 10.1. The molecule has 0 saturated heterocycles. The minimum atomic E-state index is -4.94. The Hall–Kier alpha value is -2.20. The third-order valence-corrected chi connectivity index (χ3v) is 4.28. The number of ether oxygens (including phenoxy) is 2. The highest BCUT2D eigenvalue weighted by Gasteiger charge is 2.17. The first-order chi connectivity index (χ1) is 13.6. The molecule has 0 aliphatic heterocycles. The summed E-state index contributed by atoms with van der Waals surface area (Å²) in [5.74, 6) is 3.01. The van der Waals surface area contributed by atoms with Crippen molar-refractivity contribution in [2.24, 2.45) is 0 Å². The first-order valence-electron chi connectivity index (χ1n) is 8.15. The average Bonchev–Trinajstić information content (AvgIpc) is 2.64. The van der Waals surface area contributed by atoms with Crippen LogP contribution in [0.1, 0.15) is 17.1 Å². The van der Waals surface area contributed by atoms with Crippen molar-refractivity contribution in [3.63, 3.8) is 0 Å². The van der Waals surface area contributed by atoms with Gasteiger partial charge in [0.25, 0.3) is 0 Å². The number of benzene rings is 2. The lowest BCUT2D eigenvalue weighted by Gasteiger charge is -2.17. The van der Waals surface area contributed by atoms with Crippen LogP contribution < -0.4 is 28.1 Å². The maximum Gasteiger partial charge on any atom is 0.360 e. The van der Waals surface area contributed by atoms with Gasteiger partial charge in [-0.25, -0.2) is 23.1 Å². The van der Waals surface area contributed by atoms with E-state index in [2.05, 4.69) is 15.9 Å². The van der Waals surface area contributed by atoms with Crippen LogP contribution in [0.2, 0.25) is 0 Å². The van der Waals surface area contributed by atoms with Crippen molar-refractivity contribution < 1.29 is 42.8 Å². The fraction of sp³-hybridized carbons (Fsp3) is 0.150. The minimum Gasteiger partial charge on any atom is -0.493 e. The van der Waals surface area contributed by atoms with Gasteiger partial charge in [-0.3, -0.25) is 0 Å². The van der Waals surface area contributed by atoms with E-state index in [0.29, 0.717) is 11.5 Å². The van der Waals surface area contributed by atoms with Gasteiger partial charge >= 0.3 is 11.5 Å². The number of rotatable bonds is 4. The van der Waals surface area contributed by atoms with E-state index in [4.69, 9.17) is 32.5 Å². The predicted molar refractivity (Wildman–Crippen MR) is 102 cm³/mol. The summed E-state index contributed by atoms with van der Waals surface area (Å²) in [7, 11) is -1.68. The normalized spacial score (nSPS) is 11.3. The van der Waals surface area contributed by atoms with Crippen LogP contribution in [0, 0.1) is 17.2 Å². The van der Waals surface area contributed by atoms with Crippen LogP contribution in [-0.2, 0) is 0 Å². The summed E-state index contributed by atoms with van der Waals surface area (Å²) < 4.78 is 51.7. The molecule has 2 aromatic carbocycles. The molecule has 29 heavy (non-hydrogen) atoms. The van der Waals surface area contributed by atoms with Gasteiger partial charge < -0.3 is 9.47 Å². The summed E-state index contributed by atoms with van der Waals surface area (Å²) in [5.41, 5.74) is 1.10. The molecular weight excluding hydrogens is 468 g/mol. The van der Waals surface area contributed by atoms with Crippen LogP contribution in [0.3, 0.4) is 0 Å². The lowest BCUT2D eigenvalue weighted by molar-refractivity contribution is -2.00. The Kier molecular flexibility index (Phi) is 7.97. The zero-order chi connectivity index (χ0) is 21.6. The van der Waals surface area contributed by atoms with Gasteiger partial charge in [0.2, 0.25) is 0 Å². The van der Waals surface area contributed by atoms with Gasteiger partial charge in [0.15, 0.2) is 11.5 Å². The number of fused-ring (bicyclic) bond motifs is 1. The molecule has 154 valence electrons. The summed E-state index contributed by atoms with van der Waals surface area (Å²) >= 11 is 3.44. The van der Waals surface area contributed by atoms with Crippen molar-refractivity contribution in [1.82, 2.24) is 0 Å². The molecular formula is C20H18BrClO7. The Balaban J connectivity index is 0.000000537. The van der Waals surface area contributed by atoms with E-state index in [1.807, 2.05) is 61.5 Å². The van der Waals surface area contributed by atoms with Gasteiger partial charge in [0, 0.05) is 28.1 Å². The Labute approximate surface area is 178 Å². The van der Waals surface area contributed by atoms with Crippen LogP contribution in [-0.4, -0.2) is 14.2 Å². The maximum absolute atomic E-state index is 8.49. The van der Waals surface area contributed by atoms with Crippen LogP contribution in [0.4, 0.5) is 0 Å². The fourth-order valence-corrected chi connectivity index (χ4v) is 2.84. The van der Waals surface area contributed by atoms with Gasteiger partial charge in [0.05, 0.1) is 26.5 Å². The molecule has 3 aromatic rings. The predicted octanol–water partition coefficient (Wildman–Crippen LogP) is 1.22. The van der Waals surface area contributed by atoms with Crippen molar-refractivity contribution >= 4 is 38.9 Å². The van der Waals surface area contributed by atoms with E-state index in [-0.39, 0.29) is 0 Å². The number of halogens is 2. The first-order valence-corrected chi connectivity index (χ1v) is 10.2. The minimum absolute atomic E-state index is 0.683. The first kappa shape index (κ1) is 23.1. The molecule has 0 unspecified atom stereocenters. The zero-order valence-electron chi connectivity index (χ0n) is 15.8. The second kappa shape index (κ2) is 10.0. The van der Waals surface area contributed by atoms with E-state index in [0.717, 1.165) is 32.3 Å². The van der Waals surface area contributed by atoms with E-state index in [1.165, 1.54) is 0 Å². The van der Waals surface area contributed by atoms with Crippen LogP contribution in [0.15, 0.2) is 51.4 Å². The molecule has 0 atom stereocenters. The van der Waals surface area contributed by atoms with E-state index < -0.39 is 10.2 Å². The molecule has 0 aliphatic carbocycles. The maximum atomic E-state index is 8.49. The zero-order valence-corrected chi connectivity index (χ0v) is 18.2. The number of methoxy groups -OCH3 is 2. The van der Waals surface area contributed by atoms with Crippen LogP contribution in [0.5, 0.6) is 11.5 Å². The van der Waals surface area contributed by atoms with Crippen molar-refractivity contribution in [1.29, 1.82) is 0 Å². The summed E-state index contributed by atoms with van der Waals surface area (Å²) in [6.07, 6.45) is 4.01. The van der Waals surface area contributed by atoms with Crippen molar-refractivity contribution in [2.45, 2.75) is 6.92 Å². The molecule has 0 N–H and O–H groups in total. The highest BCUT2D eigenvalue weighted by atomic mass is 79.9. The fourth-order valence-electron chi connectivity index (χ4n) is 2.57. The van der Waals surface area contributed by atoms with Crippen molar-refractivity contribution in [3.8, 4) is 11.5 Å². The lowest BCUT2D eigenvalue weighted by Crippen LogP contribution is -2.68. The van der Waals surface area contributed by atoms with Gasteiger partial charge in [0.1, 0.15) is 0 Å². The van der Waals surface area contributed by atoms with Gasteiger partial charge in [-0.15, -0.1) is 10.2 Å². The quantitative estimate of drug-likeness (QED) is 0.509. The summed E-state index contributed by atoms with van der Waals surface area (Å²) in [6, 6.07) is 14.0. The highest BCUT2D eigenvalue weighted by molar-refractivity contribution is 9.10. The molecule has 0 bridgehead atoms. The molecule has 1 heterocycles. The molecule has 0 fully saturated rings. The number of hydrogen-bond acceptors (Lipinski definition) is 6. The van der Waals surface area contributed by atoms with E-state index in [1.54, 1.807) is 14.2 Å². The Morgan fingerprint density at radius 3 is 2.00 bits per heavy atom. The molecule has 0 radical (unpaired) electrons. The SMILES string of the molecule is COc1cc2cc(C)[o+]c(C=Cc3ccc(Br)cc3)c2cc1OC.[O-][Cl+3]([O-])([O-])[O-]. The molecule has 0 saturated carbocycles. The third-order valence-electron chi connectivity index (χ3n) is 3.75. The Morgan fingerprint density at radius 2 is 1.45 bits per heavy atom. The molecule has 9 heteroatoms. The number of aryl methyl sites for hydroxylation is 1. The summed E-state index contributed by atoms with van der Waals surface area (Å²) in [6.45, 7) is 1.94. The third kappa shape index (κ3) is 7.28. The summed E-state index contributed by atoms with van der Waals surface area (Å²) in [4.78, 5) is 0. The van der Waals surface area contributed by atoms with Crippen LogP contribution in [0.25, 0.3) is 22.9 Å². The Morgan fingerprint density at radius 1 is 0.897 bits per heavy atom. The van der Waals surface area contributed by atoms with Gasteiger partial charge in [-0.1, -0.05) is 28.1 Å². The topological polar surface area (TPSA) is 122 Å². The average molecular weight is 486 g/mol. The second-order valence-electron chi connectivity index (χ2n) is 5.78. The largest absolute Gasteiger partial charge is 0.493 e. The molecule has 7 nitrogen and oxygen atoms in total. The molecule has 0 spiro atoms. The smallest absolute Gasteiger partial charge is 0.360 e. The molecule has 1 aromatic heterocycles. The molecule has 0 aliphatic rings.